The molecule has 0 saturated carbocycles. The number of nitrogens with one attached hydrogen (secondary N) is 1. The van der Waals surface area contributed by atoms with Gasteiger partial charge in [-0.15, -0.1) is 0 Å². The number of nitro groups is 1. The molecule has 0 aliphatic carbocycles. The van der Waals surface area contributed by atoms with Gasteiger partial charge in [-0.2, -0.15) is 0 Å². The van der Waals surface area contributed by atoms with Crippen molar-refractivity contribution in [3.63, 3.8) is 0 Å². The largest absolute Gasteiger partial charge is 0.351 e. The quantitative estimate of drug-likeness (QED) is 0.622. The molecule has 0 heterocycles. The van der Waals surface area contributed by atoms with Crippen LogP contribution in [0.15, 0.2) is 12.1 Å². The maximum absolute atomic E-state index is 10.6. The summed E-state index contributed by atoms with van der Waals surface area (Å²) in [5, 5.41) is 12.8. The Kier molecular flexibility index (Phi) is 3.33. The lowest BCUT2D eigenvalue weighted by Crippen LogP contribution is -2.20. The molecule has 0 atom stereocenters. The third-order valence-corrected chi connectivity index (χ3v) is 2.22. The highest BCUT2D eigenvalue weighted by atomic mass is 35.5. The second kappa shape index (κ2) is 4.33. The first-order chi connectivity index (χ1) is 6.91. The van der Waals surface area contributed by atoms with Crippen LogP contribution in [0.25, 0.3) is 0 Å². The Morgan fingerprint density at radius 2 is 1.93 bits per heavy atom. The molecule has 15 heavy (non-hydrogen) atoms. The third-order valence-electron chi connectivity index (χ3n) is 1.49. The molecule has 0 aliphatic heterocycles. The van der Waals surface area contributed by atoms with Crippen LogP contribution < -0.4 is 11.1 Å². The summed E-state index contributed by atoms with van der Waals surface area (Å²) in [6.07, 6.45) is 0. The third kappa shape index (κ3) is 2.71. The number of amides is 2. The SMILES string of the molecule is NC(=O)Nc1cc(Cl)c(Cl)cc1[N+](=O)[O-]. The molecule has 2 amide bonds. The van der Waals surface area contributed by atoms with Gasteiger partial charge in [-0.25, -0.2) is 4.79 Å². The van der Waals surface area contributed by atoms with E-state index in [4.69, 9.17) is 28.9 Å². The molecule has 1 aromatic carbocycles. The number of nitrogens with zero attached hydrogens (tertiary/aromatic N) is 1. The summed E-state index contributed by atoms with van der Waals surface area (Å²) in [7, 11) is 0. The molecule has 0 unspecified atom stereocenters. The number of carbonyl (C=O) groups is 1. The number of hydrogen-bond donors (Lipinski definition) is 2. The van der Waals surface area contributed by atoms with Crippen LogP contribution in [-0.4, -0.2) is 11.0 Å². The van der Waals surface area contributed by atoms with Crippen molar-refractivity contribution in [2.75, 3.05) is 5.32 Å². The second-order valence-electron chi connectivity index (χ2n) is 2.53. The van der Waals surface area contributed by atoms with Crippen molar-refractivity contribution in [3.8, 4) is 0 Å². The van der Waals surface area contributed by atoms with Gasteiger partial charge in [0.25, 0.3) is 5.69 Å². The van der Waals surface area contributed by atoms with Crippen LogP contribution in [0.1, 0.15) is 0 Å². The molecule has 0 spiro atoms. The first-order valence-electron chi connectivity index (χ1n) is 3.61. The Morgan fingerprint density at radius 1 is 1.40 bits per heavy atom. The number of anilines is 1. The summed E-state index contributed by atoms with van der Waals surface area (Å²) < 4.78 is 0. The monoisotopic (exact) mass is 249 g/mol. The number of urea groups is 1. The predicted octanol–water partition coefficient (Wildman–Crippen LogP) is 2.39. The van der Waals surface area contributed by atoms with Gasteiger partial charge in [0.05, 0.1) is 15.0 Å². The molecule has 0 aromatic heterocycles. The van der Waals surface area contributed by atoms with Crippen LogP contribution in [0.3, 0.4) is 0 Å². The van der Waals surface area contributed by atoms with Crippen LogP contribution in [0, 0.1) is 10.1 Å². The van der Waals surface area contributed by atoms with Crippen LogP contribution in [0.4, 0.5) is 16.2 Å². The predicted molar refractivity (Wildman–Crippen MR) is 56.3 cm³/mol. The van der Waals surface area contributed by atoms with Crippen molar-refractivity contribution in [1.29, 1.82) is 0 Å². The number of primary amides is 1. The summed E-state index contributed by atoms with van der Waals surface area (Å²) in [6.45, 7) is 0. The highest BCUT2D eigenvalue weighted by molar-refractivity contribution is 6.42. The molecule has 0 aliphatic rings. The molecule has 80 valence electrons. The van der Waals surface area contributed by atoms with Gasteiger partial charge in [0.1, 0.15) is 5.69 Å². The Hall–Kier alpha value is -1.53. The van der Waals surface area contributed by atoms with E-state index in [0.717, 1.165) is 12.1 Å². The first-order valence-corrected chi connectivity index (χ1v) is 4.37. The lowest BCUT2D eigenvalue weighted by atomic mass is 10.2. The fourth-order valence-corrected chi connectivity index (χ4v) is 1.24. The zero-order chi connectivity index (χ0) is 11.6. The van der Waals surface area contributed by atoms with Gasteiger partial charge in [0.15, 0.2) is 0 Å². The van der Waals surface area contributed by atoms with Crippen LogP contribution in [0.5, 0.6) is 0 Å². The van der Waals surface area contributed by atoms with E-state index in [1.165, 1.54) is 0 Å². The van der Waals surface area contributed by atoms with Crippen LogP contribution >= 0.6 is 23.2 Å². The van der Waals surface area contributed by atoms with E-state index in [1.54, 1.807) is 0 Å². The summed E-state index contributed by atoms with van der Waals surface area (Å²) in [5.74, 6) is 0. The standard InChI is InChI=1S/C7H5Cl2N3O3/c8-3-1-5(11-7(10)13)6(12(14)15)2-4(3)9/h1-2H,(H3,10,11,13). The number of carbonyl (C=O) groups excluding carboxylic acids is 1. The molecule has 0 fully saturated rings. The fraction of sp³-hybridized carbons (Fsp3) is 0. The van der Waals surface area contributed by atoms with Crippen molar-refractivity contribution >= 4 is 40.6 Å². The van der Waals surface area contributed by atoms with Gasteiger partial charge in [-0.3, -0.25) is 10.1 Å². The van der Waals surface area contributed by atoms with E-state index in [0.29, 0.717) is 0 Å². The average molecular weight is 250 g/mol. The van der Waals surface area contributed by atoms with E-state index in [9.17, 15) is 14.9 Å². The highest BCUT2D eigenvalue weighted by Crippen LogP contribution is 2.33. The molecule has 0 radical (unpaired) electrons. The zero-order valence-electron chi connectivity index (χ0n) is 7.16. The van der Waals surface area contributed by atoms with Gasteiger partial charge < -0.3 is 11.1 Å². The van der Waals surface area contributed by atoms with Crippen LogP contribution in [0.2, 0.25) is 10.0 Å². The maximum Gasteiger partial charge on any atom is 0.316 e. The van der Waals surface area contributed by atoms with Gasteiger partial charge in [0.2, 0.25) is 0 Å². The lowest BCUT2D eigenvalue weighted by molar-refractivity contribution is -0.383. The number of benzene rings is 1. The van der Waals surface area contributed by atoms with Crippen molar-refractivity contribution in [3.05, 3.63) is 32.3 Å². The second-order valence-corrected chi connectivity index (χ2v) is 3.34. The van der Waals surface area contributed by atoms with Crippen molar-refractivity contribution in [2.45, 2.75) is 0 Å². The summed E-state index contributed by atoms with van der Waals surface area (Å²) >= 11 is 11.2. The first kappa shape index (κ1) is 11.5. The summed E-state index contributed by atoms with van der Waals surface area (Å²) in [6, 6.07) is 1.28. The van der Waals surface area contributed by atoms with E-state index in [-0.39, 0.29) is 21.4 Å². The van der Waals surface area contributed by atoms with Crippen molar-refractivity contribution in [2.24, 2.45) is 5.73 Å². The van der Waals surface area contributed by atoms with E-state index < -0.39 is 11.0 Å². The maximum atomic E-state index is 10.6. The molecule has 1 rings (SSSR count). The zero-order valence-corrected chi connectivity index (χ0v) is 8.67. The molecule has 0 saturated heterocycles. The fourth-order valence-electron chi connectivity index (χ4n) is 0.920. The number of nitro benzene ring substituents is 1. The minimum Gasteiger partial charge on any atom is -0.351 e. The summed E-state index contributed by atoms with van der Waals surface area (Å²) in [5.41, 5.74) is 4.37. The van der Waals surface area contributed by atoms with Gasteiger partial charge in [-0.1, -0.05) is 23.2 Å². The minimum absolute atomic E-state index is 0.0263. The molecule has 1 aromatic rings. The van der Waals surface area contributed by atoms with E-state index in [2.05, 4.69) is 5.32 Å². The molecular weight excluding hydrogens is 245 g/mol. The molecule has 0 bridgehead atoms. The topological polar surface area (TPSA) is 98.3 Å². The van der Waals surface area contributed by atoms with E-state index in [1.807, 2.05) is 0 Å². The Labute approximate surface area is 94.1 Å². The minimum atomic E-state index is -0.920. The molecular formula is C7H5Cl2N3O3. The van der Waals surface area contributed by atoms with Crippen molar-refractivity contribution < 1.29 is 9.72 Å². The lowest BCUT2D eigenvalue weighted by Gasteiger charge is -2.04. The van der Waals surface area contributed by atoms with Gasteiger partial charge >= 0.3 is 6.03 Å². The van der Waals surface area contributed by atoms with Gasteiger partial charge in [0, 0.05) is 6.07 Å². The van der Waals surface area contributed by atoms with Crippen molar-refractivity contribution in [1.82, 2.24) is 0 Å². The molecule has 3 N–H and O–H groups in total. The summed E-state index contributed by atoms with van der Waals surface area (Å²) in [4.78, 5) is 20.4. The molecule has 8 heteroatoms. The van der Waals surface area contributed by atoms with E-state index >= 15 is 0 Å². The number of nitrogens with two attached hydrogens (primary N) is 1. The Bertz CT molecular complexity index is 436. The van der Waals surface area contributed by atoms with Crippen LogP contribution in [-0.2, 0) is 0 Å². The van der Waals surface area contributed by atoms with Gasteiger partial charge in [-0.05, 0) is 6.07 Å². The average Bonchev–Trinajstić information content (AvgIpc) is 2.09. The highest BCUT2D eigenvalue weighted by Gasteiger charge is 2.17. The molecule has 6 nitrogen and oxygen atoms in total. The Balaban J connectivity index is 3.28. The smallest absolute Gasteiger partial charge is 0.316 e. The number of rotatable bonds is 2. The Morgan fingerprint density at radius 3 is 2.40 bits per heavy atom. The number of halogens is 2. The normalized spacial score (nSPS) is 9.73. The number of hydrogen-bond acceptors (Lipinski definition) is 3.